The summed E-state index contributed by atoms with van der Waals surface area (Å²) < 4.78 is 16.2. The summed E-state index contributed by atoms with van der Waals surface area (Å²) in [4.78, 5) is 63.9. The number of carbonyl (C=O) groups excluding carboxylic acids is 4. The molecule has 3 heterocycles. The summed E-state index contributed by atoms with van der Waals surface area (Å²) in [6, 6.07) is 47.0. The summed E-state index contributed by atoms with van der Waals surface area (Å²) in [7, 11) is 4.90. The van der Waals surface area contributed by atoms with Crippen LogP contribution >= 0.6 is 15.9 Å². The van der Waals surface area contributed by atoms with Crippen LogP contribution in [0.5, 0.6) is 17.2 Å². The Hall–Kier alpha value is -8.38. The molecular formula is C65H76BrN9O7. The Morgan fingerprint density at radius 3 is 1.09 bits per heavy atom. The number of nitrogens with one attached hydrogen (secondary N) is 4. The number of carbonyl (C=O) groups is 4. The van der Waals surface area contributed by atoms with E-state index in [-0.39, 0.29) is 47.1 Å². The van der Waals surface area contributed by atoms with E-state index in [1.54, 1.807) is 56.8 Å². The zero-order valence-electron chi connectivity index (χ0n) is 47.6. The lowest BCUT2D eigenvalue weighted by Gasteiger charge is -2.28. The first-order valence-electron chi connectivity index (χ1n) is 27.3. The van der Waals surface area contributed by atoms with Gasteiger partial charge in [0.05, 0.1) is 32.7 Å². The second-order valence-corrected chi connectivity index (χ2v) is 20.8. The number of aromatic nitrogens is 3. The molecule has 0 saturated heterocycles. The molecule has 3 unspecified atom stereocenters. The predicted molar refractivity (Wildman–Crippen MR) is 330 cm³/mol. The average Bonchev–Trinajstić information content (AvgIpc) is 4.42. The number of benzene rings is 6. The van der Waals surface area contributed by atoms with Gasteiger partial charge in [0.15, 0.2) is 0 Å². The molecule has 4 amide bonds. The van der Waals surface area contributed by atoms with Crippen LogP contribution in [0.15, 0.2) is 164 Å². The monoisotopic (exact) mass is 1170 g/mol. The highest BCUT2D eigenvalue weighted by Crippen LogP contribution is 2.26. The first-order chi connectivity index (χ1) is 39.7. The second kappa shape index (κ2) is 30.4. The van der Waals surface area contributed by atoms with Crippen molar-refractivity contribution < 1.29 is 33.4 Å². The Morgan fingerprint density at radius 2 is 0.756 bits per heavy atom. The molecule has 0 bridgehead atoms. The van der Waals surface area contributed by atoms with Crippen LogP contribution in [-0.4, -0.2) is 118 Å². The van der Waals surface area contributed by atoms with Crippen LogP contribution in [0.25, 0.3) is 32.7 Å². The normalized spacial score (nSPS) is 12.0. The molecular weight excluding hydrogens is 1100 g/mol. The van der Waals surface area contributed by atoms with Crippen LogP contribution in [-0.2, 0) is 58.1 Å². The number of hydrogen-bond acceptors (Lipinski definition) is 9. The minimum absolute atomic E-state index is 0.00489. The molecule has 0 spiro atoms. The fourth-order valence-electron chi connectivity index (χ4n) is 10.2. The van der Waals surface area contributed by atoms with Crippen LogP contribution in [0.3, 0.4) is 0 Å². The Kier molecular flexibility index (Phi) is 22.7. The Morgan fingerprint density at radius 1 is 0.451 bits per heavy atom. The zero-order chi connectivity index (χ0) is 58.5. The molecule has 9 rings (SSSR count). The van der Waals surface area contributed by atoms with Gasteiger partial charge in [-0.2, -0.15) is 0 Å². The Labute approximate surface area is 488 Å². The van der Waals surface area contributed by atoms with E-state index >= 15 is 0 Å². The number of hydrogen-bond donors (Lipinski definition) is 6. The maximum absolute atomic E-state index is 12.4. The summed E-state index contributed by atoms with van der Waals surface area (Å²) in [5.41, 5.74) is 22.3. The van der Waals surface area contributed by atoms with Gasteiger partial charge in [-0.05, 0) is 72.4 Å². The Bertz CT molecular complexity index is 3370. The van der Waals surface area contributed by atoms with Gasteiger partial charge in [-0.25, -0.2) is 0 Å². The van der Waals surface area contributed by atoms with Crippen molar-refractivity contribution in [2.75, 3.05) is 46.3 Å². The van der Waals surface area contributed by atoms with E-state index in [0.717, 1.165) is 61.4 Å². The number of alkyl halides is 1. The minimum atomic E-state index is -0.229. The summed E-state index contributed by atoms with van der Waals surface area (Å²) in [5.74, 6) is 2.14. The largest absolute Gasteiger partial charge is 0.496 e. The van der Waals surface area contributed by atoms with Crippen molar-refractivity contribution in [3.63, 3.8) is 0 Å². The molecule has 9 aromatic rings. The van der Waals surface area contributed by atoms with Crippen LogP contribution in [0.1, 0.15) is 54.2 Å². The molecule has 6 aromatic carbocycles. The molecule has 8 N–H and O–H groups in total. The fourth-order valence-corrected chi connectivity index (χ4v) is 10.3. The summed E-state index contributed by atoms with van der Waals surface area (Å²) in [6.07, 6.45) is 8.00. The average molecular weight is 1180 g/mol. The minimum Gasteiger partial charge on any atom is -0.496 e. The predicted octanol–water partition coefficient (Wildman–Crippen LogP) is 9.84. The third-order valence-electron chi connectivity index (χ3n) is 14.3. The third-order valence-corrected chi connectivity index (χ3v) is 14.8. The highest BCUT2D eigenvalue weighted by atomic mass is 79.9. The fraction of sp³-hybridized carbons (Fsp3) is 0.292. The number of ether oxygens (including phenoxy) is 3. The molecule has 0 fully saturated rings. The van der Waals surface area contributed by atoms with Crippen molar-refractivity contribution in [1.82, 2.24) is 35.0 Å². The van der Waals surface area contributed by atoms with Crippen molar-refractivity contribution in [2.45, 2.75) is 77.8 Å². The highest BCUT2D eigenvalue weighted by Gasteiger charge is 2.23. The molecule has 0 aliphatic rings. The molecule has 0 aliphatic carbocycles. The topological polar surface area (TPSA) is 217 Å². The number of para-hydroxylation sites is 6. The lowest BCUT2D eigenvalue weighted by molar-refractivity contribution is -0.131. The number of rotatable bonds is 23. The van der Waals surface area contributed by atoms with E-state index in [4.69, 9.17) is 25.7 Å². The van der Waals surface area contributed by atoms with E-state index < -0.39 is 0 Å². The maximum atomic E-state index is 12.4. The van der Waals surface area contributed by atoms with E-state index in [1.807, 2.05) is 146 Å². The lowest BCUT2D eigenvalue weighted by atomic mass is 10.0. The molecule has 17 heteroatoms. The van der Waals surface area contributed by atoms with Crippen LogP contribution in [0.2, 0.25) is 0 Å². The van der Waals surface area contributed by atoms with Gasteiger partial charge in [0.2, 0.25) is 23.6 Å². The van der Waals surface area contributed by atoms with Crippen molar-refractivity contribution in [3.8, 4) is 17.2 Å². The standard InChI is InChI=1S/C23H26BrN3O3.2C21H25N3O2/c1-16(28)27(14-17-7-3-6-10-22(17)30-2)15-19(26-23(29)12-24)11-18-13-25-21-9-5-4-8-20(18)21;2*1-15(25)24(13-16-7-3-6-10-21(16)26-2)14-18(22)11-17-12-23-20-9-5-4-8-19(17)20/h3-10,13,19,25H,11-12,14-15H2,1-2H3,(H,26,29);2*3-10,12,18,23H,11,13-14,22H2,1-2H3. The number of nitrogens with zero attached hydrogens (tertiary/aromatic N) is 3. The molecule has 430 valence electrons. The van der Waals surface area contributed by atoms with Gasteiger partial charge in [0.25, 0.3) is 0 Å². The summed E-state index contributed by atoms with van der Waals surface area (Å²) in [6.45, 7) is 7.47. The Balaban J connectivity index is 0.000000178. The van der Waals surface area contributed by atoms with Crippen molar-refractivity contribution in [2.24, 2.45) is 11.5 Å². The molecule has 3 atom stereocenters. The molecule has 82 heavy (non-hydrogen) atoms. The van der Waals surface area contributed by atoms with E-state index in [1.165, 1.54) is 21.9 Å². The third kappa shape index (κ3) is 17.1. The van der Waals surface area contributed by atoms with E-state index in [0.29, 0.717) is 58.5 Å². The maximum Gasteiger partial charge on any atom is 0.230 e. The number of amides is 4. The molecule has 16 nitrogen and oxygen atoms in total. The summed E-state index contributed by atoms with van der Waals surface area (Å²) >= 11 is 3.21. The molecule has 0 aliphatic heterocycles. The zero-order valence-corrected chi connectivity index (χ0v) is 49.2. The number of fused-ring (bicyclic) bond motifs is 3. The highest BCUT2D eigenvalue weighted by molar-refractivity contribution is 9.09. The van der Waals surface area contributed by atoms with Gasteiger partial charge in [-0.3, -0.25) is 19.2 Å². The number of nitrogens with two attached hydrogens (primary N) is 2. The molecule has 0 radical (unpaired) electrons. The van der Waals surface area contributed by atoms with Gasteiger partial charge in [0.1, 0.15) is 17.2 Å². The van der Waals surface area contributed by atoms with E-state index in [9.17, 15) is 19.2 Å². The van der Waals surface area contributed by atoms with Crippen molar-refractivity contribution in [3.05, 3.63) is 198 Å². The molecule has 3 aromatic heterocycles. The quantitative estimate of drug-likeness (QED) is 0.0336. The smallest absolute Gasteiger partial charge is 0.230 e. The van der Waals surface area contributed by atoms with Gasteiger partial charge >= 0.3 is 0 Å². The first kappa shape index (κ1) is 61.2. The first-order valence-corrected chi connectivity index (χ1v) is 28.4. The lowest BCUT2D eigenvalue weighted by Crippen LogP contribution is -2.46. The number of methoxy groups -OCH3 is 3. The van der Waals surface area contributed by atoms with Crippen LogP contribution < -0.4 is 31.0 Å². The SMILES string of the molecule is COc1ccccc1CN(CC(Cc1c[nH]c2ccccc12)NC(=O)CBr)C(C)=O.COc1ccccc1CN(CC(N)Cc1c[nH]c2ccccc12)C(C)=O.COc1ccccc1CN(CC(N)Cc1c[nH]c2ccccc12)C(C)=O. The van der Waals surface area contributed by atoms with Gasteiger partial charge < -0.3 is 60.6 Å². The van der Waals surface area contributed by atoms with E-state index in [2.05, 4.69) is 54.4 Å². The summed E-state index contributed by atoms with van der Waals surface area (Å²) in [5, 5.41) is 6.74. The van der Waals surface area contributed by atoms with Gasteiger partial charge in [0, 0.05) is 140 Å². The van der Waals surface area contributed by atoms with Gasteiger partial charge in [-0.1, -0.05) is 125 Å². The molecule has 0 saturated carbocycles. The second-order valence-electron chi connectivity index (χ2n) is 20.2. The number of halogens is 1. The van der Waals surface area contributed by atoms with Crippen molar-refractivity contribution >= 4 is 72.3 Å². The van der Waals surface area contributed by atoms with Gasteiger partial charge in [-0.15, -0.1) is 0 Å². The van der Waals surface area contributed by atoms with Crippen LogP contribution in [0.4, 0.5) is 0 Å². The number of H-pyrrole nitrogens is 3. The van der Waals surface area contributed by atoms with Crippen LogP contribution in [0, 0.1) is 0 Å². The van der Waals surface area contributed by atoms with Crippen molar-refractivity contribution in [1.29, 1.82) is 0 Å². The number of aromatic amines is 3.